The molecule has 0 atom stereocenters. The van der Waals surface area contributed by atoms with Gasteiger partial charge in [-0.25, -0.2) is 0 Å². The summed E-state index contributed by atoms with van der Waals surface area (Å²) in [7, 11) is 0. The topological polar surface area (TPSA) is 16.8 Å². The van der Waals surface area contributed by atoms with Crippen molar-refractivity contribution in [2.24, 2.45) is 0 Å². The lowest BCUT2D eigenvalue weighted by molar-refractivity contribution is -0.690. The molecule has 0 bridgehead atoms. The molecular weight excluding hydrogens is 1230 g/mol. The molecule has 482 valence electrons. The Morgan fingerprint density at radius 3 is 0.909 bits per heavy atom. The van der Waals surface area contributed by atoms with E-state index >= 15 is 0 Å². The van der Waals surface area contributed by atoms with Gasteiger partial charge in [0.25, 0.3) is 0 Å². The minimum Gasteiger partial charge on any atom is -0.252 e. The lowest BCUT2D eigenvalue weighted by Gasteiger charge is -2.46. The monoisotopic (exact) mass is 1280 g/mol. The summed E-state index contributed by atoms with van der Waals surface area (Å²) in [5.41, 5.74) is -27.7. The van der Waals surface area contributed by atoms with E-state index in [2.05, 4.69) is 65.2 Å². The predicted molar refractivity (Wildman–Crippen MR) is 284 cm³/mol. The molecule has 0 aliphatic carbocycles. The highest BCUT2D eigenvalue weighted by Crippen LogP contribution is 2.41. The van der Waals surface area contributed by atoms with Gasteiger partial charge < -0.3 is 0 Å². The van der Waals surface area contributed by atoms with Crippen molar-refractivity contribution in [3.05, 3.63) is 184 Å². The molecule has 27 heteroatoms. The van der Waals surface area contributed by atoms with Crippen LogP contribution in [-0.2, 0) is 56.0 Å². The minimum absolute atomic E-state index is 0.691. The van der Waals surface area contributed by atoms with Gasteiger partial charge in [-0.05, 0) is 37.1 Å². The summed E-state index contributed by atoms with van der Waals surface area (Å²) in [5.74, 6) is 0. The molecule has 6 aromatic rings. The molecule has 0 N–H and O–H groups in total. The highest BCUT2D eigenvalue weighted by molar-refractivity contribution is 7.20. The van der Waals surface area contributed by atoms with Crippen LogP contribution in [0.4, 0.5) is 105 Å². The molecule has 0 spiro atoms. The van der Waals surface area contributed by atoms with E-state index in [1.165, 1.54) is 101 Å². The summed E-state index contributed by atoms with van der Waals surface area (Å²) in [6.45, 7) is 3.18. The van der Waals surface area contributed by atoms with Crippen molar-refractivity contribution in [3.8, 4) is 0 Å². The van der Waals surface area contributed by atoms with Crippen molar-refractivity contribution in [2.75, 3.05) is 0 Å². The number of alkyl halides is 24. The zero-order valence-corrected chi connectivity index (χ0v) is 46.6. The van der Waals surface area contributed by atoms with Crippen LogP contribution in [0.1, 0.15) is 159 Å². The van der Waals surface area contributed by atoms with Crippen molar-refractivity contribution in [3.63, 3.8) is 0 Å². The van der Waals surface area contributed by atoms with Crippen molar-refractivity contribution < 1.29 is 110 Å². The van der Waals surface area contributed by atoms with Gasteiger partial charge in [0, 0.05) is 11.6 Å². The van der Waals surface area contributed by atoms with Crippen LogP contribution in [0.5, 0.6) is 0 Å². The molecule has 6 rings (SSSR count). The highest BCUT2D eigenvalue weighted by Gasteiger charge is 2.47. The third-order valence-corrected chi connectivity index (χ3v) is 14.5. The standard InChI is InChI=1S/C32H12BF24.C29H45N2/c34-25(35,36)13-1-14(26(37,38)39)6-21(5-13)33(22-7-15(27(40,41)42)2-16(8-22)28(43,44)45,23-9-17(29(46,47)48)3-18(10-23)30(49,50)51)24-11-19(31(52,53)54)4-20(12-24)32(55,56)57;1-2-3-4-5-6-7-8-9-10-11-12-13-14-15-16-20-23-29-26-30-24-25-31(29)27-28-21-18-17-19-22-28/h1-12H;17-26H,2-16,27H2,1H3/q-1;+1. The van der Waals surface area contributed by atoms with E-state index in [0.717, 1.165) is 13.0 Å². The number of aromatic nitrogens is 2. The van der Waals surface area contributed by atoms with Crippen LogP contribution in [0.25, 0.3) is 6.08 Å². The van der Waals surface area contributed by atoms with Crippen LogP contribution in [0, 0.1) is 0 Å². The molecule has 2 nitrogen and oxygen atoms in total. The van der Waals surface area contributed by atoms with E-state index in [-0.39, 0.29) is 0 Å². The molecule has 0 aliphatic heterocycles. The van der Waals surface area contributed by atoms with E-state index in [1.54, 1.807) is 0 Å². The Morgan fingerprint density at radius 2 is 0.636 bits per heavy atom. The van der Waals surface area contributed by atoms with Gasteiger partial charge in [0.05, 0.1) is 56.9 Å². The molecule has 0 fully saturated rings. The summed E-state index contributed by atoms with van der Waals surface area (Å²) in [6, 6.07) is 1.81. The molecule has 0 unspecified atom stereocenters. The van der Waals surface area contributed by atoms with Gasteiger partial charge in [-0.1, -0.05) is 175 Å². The fourth-order valence-electron chi connectivity index (χ4n) is 10.2. The van der Waals surface area contributed by atoms with Crippen LogP contribution in [0.3, 0.4) is 0 Å². The maximum absolute atomic E-state index is 14.2. The first kappa shape index (κ1) is 72.1. The van der Waals surface area contributed by atoms with Crippen LogP contribution >= 0.6 is 0 Å². The third-order valence-electron chi connectivity index (χ3n) is 14.5. The number of benzene rings is 5. The zero-order chi connectivity index (χ0) is 65.7. The van der Waals surface area contributed by atoms with Crippen LogP contribution < -0.4 is 26.4 Å². The number of rotatable bonds is 22. The number of unbranched alkanes of at least 4 members (excludes halogenated alkanes) is 14. The van der Waals surface area contributed by atoms with E-state index < -0.39 is 195 Å². The number of hydrogen-bond donors (Lipinski definition) is 0. The van der Waals surface area contributed by atoms with Gasteiger partial charge in [-0.3, -0.25) is 4.98 Å². The molecule has 1 heterocycles. The zero-order valence-electron chi connectivity index (χ0n) is 46.6. The normalized spacial score (nSPS) is 13.3. The molecule has 88 heavy (non-hydrogen) atoms. The molecule has 0 saturated heterocycles. The van der Waals surface area contributed by atoms with Gasteiger partial charge >= 0.3 is 49.4 Å². The number of halogens is 24. The largest absolute Gasteiger partial charge is 0.416 e. The van der Waals surface area contributed by atoms with Crippen LogP contribution in [0.2, 0.25) is 0 Å². The first-order valence-electron chi connectivity index (χ1n) is 27.6. The summed E-state index contributed by atoms with van der Waals surface area (Å²) in [4.78, 5) is 4.31. The van der Waals surface area contributed by atoms with Crippen molar-refractivity contribution in [2.45, 2.75) is 159 Å². The van der Waals surface area contributed by atoms with Crippen molar-refractivity contribution in [1.29, 1.82) is 0 Å². The fourth-order valence-corrected chi connectivity index (χ4v) is 10.2. The van der Waals surface area contributed by atoms with Gasteiger partial charge in [-0.15, -0.1) is 0 Å². The maximum atomic E-state index is 14.2. The average Bonchev–Trinajstić information content (AvgIpc) is 0.799. The second kappa shape index (κ2) is 29.3. The van der Waals surface area contributed by atoms with E-state index in [9.17, 15) is 105 Å². The highest BCUT2D eigenvalue weighted by atomic mass is 19.4. The number of nitrogens with zero attached hydrogens (tertiary/aromatic N) is 2. The Kier molecular flexibility index (Phi) is 24.0. The fraction of sp³-hybridized carbons (Fsp3) is 0.410. The van der Waals surface area contributed by atoms with Crippen LogP contribution in [0.15, 0.2) is 128 Å². The Morgan fingerprint density at radius 1 is 0.364 bits per heavy atom. The van der Waals surface area contributed by atoms with E-state index in [0.29, 0.717) is 0 Å². The predicted octanol–water partition coefficient (Wildman–Crippen LogP) is 19.5. The number of allylic oxidation sites excluding steroid dienone is 1. The Hall–Kier alpha value is -6.70. The molecule has 0 saturated carbocycles. The van der Waals surface area contributed by atoms with E-state index in [1.807, 2.05) is 12.4 Å². The second-order valence-electron chi connectivity index (χ2n) is 21.1. The van der Waals surface area contributed by atoms with Gasteiger partial charge in [0.15, 0.2) is 12.7 Å². The minimum atomic E-state index is -6.13. The molecule has 5 aromatic carbocycles. The molecule has 0 aliphatic rings. The molecular formula is C61H57BF24N2. The molecule has 0 amide bonds. The Balaban J connectivity index is 0.000000383. The Labute approximate surface area is 490 Å². The van der Waals surface area contributed by atoms with E-state index in [4.69, 9.17) is 0 Å². The lowest BCUT2D eigenvalue weighted by atomic mass is 9.12. The number of hydrogen-bond acceptors (Lipinski definition) is 1. The van der Waals surface area contributed by atoms with Crippen molar-refractivity contribution in [1.82, 2.24) is 4.98 Å². The smallest absolute Gasteiger partial charge is 0.252 e. The quantitative estimate of drug-likeness (QED) is 0.0286. The van der Waals surface area contributed by atoms with Crippen LogP contribution in [-0.4, -0.2) is 11.1 Å². The summed E-state index contributed by atoms with van der Waals surface area (Å²) < 4.78 is 343. The summed E-state index contributed by atoms with van der Waals surface area (Å²) in [6.07, 6.45) is -23.3. The van der Waals surface area contributed by atoms with Gasteiger partial charge in [0.2, 0.25) is 5.69 Å². The summed E-state index contributed by atoms with van der Waals surface area (Å²) >= 11 is 0. The lowest BCUT2D eigenvalue weighted by Crippen LogP contribution is -2.75. The van der Waals surface area contributed by atoms with Gasteiger partial charge in [-0.2, -0.15) is 132 Å². The second-order valence-corrected chi connectivity index (χ2v) is 21.1. The maximum Gasteiger partial charge on any atom is 0.416 e. The average molecular weight is 1280 g/mol. The molecule has 0 radical (unpaired) electrons. The third kappa shape index (κ3) is 20.4. The summed E-state index contributed by atoms with van der Waals surface area (Å²) in [5, 5.41) is 0. The first-order valence-corrected chi connectivity index (χ1v) is 27.6. The Bertz CT molecular complexity index is 2780. The van der Waals surface area contributed by atoms with Crippen molar-refractivity contribution >= 4 is 34.1 Å². The first-order chi connectivity index (χ1) is 40.7. The SMILES string of the molecule is CCCCCCCCCCCCCCCCC=Cc1cncc[n+]1Cc1ccccc1.FC(F)(F)c1cc([B-](c2cc(C(F)(F)F)cc(C(F)(F)F)c2)(c2cc(C(F)(F)F)cc(C(F)(F)F)c2)c2cc(C(F)(F)F)cc(C(F)(F)F)c2)cc(C(F)(F)F)c1. The molecule has 1 aromatic heterocycles. The van der Waals surface area contributed by atoms with Gasteiger partial charge in [0.1, 0.15) is 6.15 Å².